The molecule has 0 atom stereocenters. The number of aromatic nitrogens is 1. The normalized spacial score (nSPS) is 11.8. The van der Waals surface area contributed by atoms with Gasteiger partial charge in [0.2, 0.25) is 5.88 Å². The molecule has 1 aromatic heterocycles. The second-order valence-corrected chi connectivity index (χ2v) is 4.46. The van der Waals surface area contributed by atoms with Gasteiger partial charge in [-0.15, -0.1) is 0 Å². The monoisotopic (exact) mass is 252 g/mol. The summed E-state index contributed by atoms with van der Waals surface area (Å²) in [6.45, 7) is 4.63. The summed E-state index contributed by atoms with van der Waals surface area (Å²) in [5.74, 6) is -3.18. The molecule has 96 valence electrons. The lowest BCUT2D eigenvalue weighted by molar-refractivity contribution is 0.0103. The molecular formula is C13H14F2N2O. The fourth-order valence-electron chi connectivity index (χ4n) is 1.78. The van der Waals surface area contributed by atoms with Crippen molar-refractivity contribution in [1.29, 1.82) is 0 Å². The highest BCUT2D eigenvalue weighted by Gasteiger charge is 2.34. The van der Waals surface area contributed by atoms with Crippen LogP contribution < -0.4 is 5.73 Å². The predicted molar refractivity (Wildman–Crippen MR) is 65.4 cm³/mol. The van der Waals surface area contributed by atoms with E-state index in [1.807, 2.05) is 19.9 Å². The van der Waals surface area contributed by atoms with Crippen LogP contribution in [0.1, 0.15) is 23.7 Å². The van der Waals surface area contributed by atoms with Crippen LogP contribution in [-0.2, 0) is 5.92 Å². The Morgan fingerprint density at radius 2 is 1.89 bits per heavy atom. The summed E-state index contributed by atoms with van der Waals surface area (Å²) in [5.41, 5.74) is 8.01. The number of nitrogens with zero attached hydrogens (tertiary/aromatic N) is 1. The van der Waals surface area contributed by atoms with Gasteiger partial charge in [-0.05, 0) is 30.5 Å². The van der Waals surface area contributed by atoms with E-state index >= 15 is 0 Å². The first kappa shape index (κ1) is 12.5. The van der Waals surface area contributed by atoms with Crippen molar-refractivity contribution < 1.29 is 13.3 Å². The van der Waals surface area contributed by atoms with E-state index in [-0.39, 0.29) is 11.4 Å². The molecule has 0 bridgehead atoms. The number of rotatable bonds is 2. The highest BCUT2D eigenvalue weighted by Crippen LogP contribution is 2.38. The quantitative estimate of drug-likeness (QED) is 0.887. The van der Waals surface area contributed by atoms with Gasteiger partial charge in [-0.1, -0.05) is 23.4 Å². The first-order chi connectivity index (χ1) is 8.30. The van der Waals surface area contributed by atoms with Crippen molar-refractivity contribution in [2.24, 2.45) is 0 Å². The van der Waals surface area contributed by atoms with Crippen LogP contribution in [0.3, 0.4) is 0 Å². The second kappa shape index (κ2) is 4.08. The number of halogens is 2. The van der Waals surface area contributed by atoms with E-state index in [1.54, 1.807) is 12.1 Å². The first-order valence-corrected chi connectivity index (χ1v) is 5.51. The molecule has 2 N–H and O–H groups in total. The molecule has 1 aromatic carbocycles. The van der Waals surface area contributed by atoms with Gasteiger partial charge in [-0.2, -0.15) is 8.78 Å². The highest BCUT2D eigenvalue weighted by molar-refractivity contribution is 5.76. The Hall–Kier alpha value is -1.91. The fourth-order valence-corrected chi connectivity index (χ4v) is 1.78. The molecule has 5 heteroatoms. The highest BCUT2D eigenvalue weighted by atomic mass is 19.3. The molecule has 0 amide bonds. The van der Waals surface area contributed by atoms with Gasteiger partial charge in [0.1, 0.15) is 0 Å². The van der Waals surface area contributed by atoms with Crippen LogP contribution in [0.2, 0.25) is 0 Å². The van der Waals surface area contributed by atoms with Crippen LogP contribution in [0, 0.1) is 13.8 Å². The molecule has 2 rings (SSSR count). The first-order valence-electron chi connectivity index (χ1n) is 5.51. The van der Waals surface area contributed by atoms with Crippen molar-refractivity contribution >= 4 is 5.88 Å². The third kappa shape index (κ3) is 2.08. The zero-order valence-corrected chi connectivity index (χ0v) is 10.4. The fraction of sp³-hybridized carbons (Fsp3) is 0.308. The smallest absolute Gasteiger partial charge is 0.291 e. The summed E-state index contributed by atoms with van der Waals surface area (Å²) in [6.07, 6.45) is 0. The molecule has 0 fully saturated rings. The number of hydrogen-bond donors (Lipinski definition) is 1. The molecule has 3 nitrogen and oxygen atoms in total. The molecule has 0 aliphatic carbocycles. The van der Waals surface area contributed by atoms with Gasteiger partial charge in [0.05, 0.1) is 5.56 Å². The Bertz CT molecular complexity index is 585. The summed E-state index contributed by atoms with van der Waals surface area (Å²) in [6, 6.07) is 5.39. The van der Waals surface area contributed by atoms with Crippen LogP contribution >= 0.6 is 0 Å². The molecule has 0 radical (unpaired) electrons. The van der Waals surface area contributed by atoms with Gasteiger partial charge in [0.15, 0.2) is 5.69 Å². The van der Waals surface area contributed by atoms with Crippen LogP contribution in [0.15, 0.2) is 22.7 Å². The largest absolute Gasteiger partial charge is 0.367 e. The zero-order chi connectivity index (χ0) is 13.5. The van der Waals surface area contributed by atoms with Gasteiger partial charge >= 0.3 is 0 Å². The number of anilines is 1. The van der Waals surface area contributed by atoms with Crippen molar-refractivity contribution in [3.63, 3.8) is 0 Å². The Labute approximate surface area is 104 Å². The van der Waals surface area contributed by atoms with E-state index in [0.29, 0.717) is 5.56 Å². The molecule has 0 saturated heterocycles. The maximum absolute atomic E-state index is 13.4. The van der Waals surface area contributed by atoms with E-state index in [0.717, 1.165) is 18.1 Å². The van der Waals surface area contributed by atoms with E-state index in [9.17, 15) is 8.78 Å². The molecule has 0 saturated carbocycles. The lowest BCUT2D eigenvalue weighted by Crippen LogP contribution is -2.09. The second-order valence-electron chi connectivity index (χ2n) is 4.46. The summed E-state index contributed by atoms with van der Waals surface area (Å²) < 4.78 is 31.5. The van der Waals surface area contributed by atoms with Crippen molar-refractivity contribution in [3.05, 3.63) is 35.0 Å². The summed E-state index contributed by atoms with van der Waals surface area (Å²) >= 11 is 0. The lowest BCUT2D eigenvalue weighted by atomic mass is 9.99. The standard InChI is InChI=1S/C13H14F2N2O/c1-7-4-5-9(6-8(7)2)10-11(13(3,14)15)17-18-12(10)16/h4-6H,16H2,1-3H3. The topological polar surface area (TPSA) is 52.0 Å². The summed E-state index contributed by atoms with van der Waals surface area (Å²) in [5, 5.41) is 3.37. The Morgan fingerprint density at radius 3 is 2.44 bits per heavy atom. The number of nitrogens with two attached hydrogens (primary N) is 1. The summed E-state index contributed by atoms with van der Waals surface area (Å²) in [7, 11) is 0. The lowest BCUT2D eigenvalue weighted by Gasteiger charge is -2.10. The molecule has 18 heavy (non-hydrogen) atoms. The van der Waals surface area contributed by atoms with E-state index < -0.39 is 11.6 Å². The molecule has 0 spiro atoms. The third-order valence-corrected chi connectivity index (χ3v) is 2.93. The number of nitrogen functional groups attached to an aromatic ring is 1. The Morgan fingerprint density at radius 1 is 1.22 bits per heavy atom. The maximum atomic E-state index is 13.4. The van der Waals surface area contributed by atoms with Crippen LogP contribution in [0.4, 0.5) is 14.7 Å². The van der Waals surface area contributed by atoms with Crippen molar-refractivity contribution in [3.8, 4) is 11.1 Å². The van der Waals surface area contributed by atoms with Gasteiger partial charge in [0.25, 0.3) is 5.92 Å². The predicted octanol–water partition coefficient (Wildman–Crippen LogP) is 3.65. The SMILES string of the molecule is Cc1ccc(-c2c(C(C)(F)F)noc2N)cc1C. The van der Waals surface area contributed by atoms with E-state index in [1.165, 1.54) is 0 Å². The third-order valence-electron chi connectivity index (χ3n) is 2.93. The minimum atomic E-state index is -3.09. The van der Waals surface area contributed by atoms with E-state index in [2.05, 4.69) is 5.16 Å². The van der Waals surface area contributed by atoms with Gasteiger partial charge in [-0.3, -0.25) is 0 Å². The molecule has 0 unspecified atom stereocenters. The van der Waals surface area contributed by atoms with Gasteiger partial charge in [-0.25, -0.2) is 0 Å². The van der Waals surface area contributed by atoms with Crippen molar-refractivity contribution in [1.82, 2.24) is 5.16 Å². The number of aryl methyl sites for hydroxylation is 2. The van der Waals surface area contributed by atoms with Crippen LogP contribution in [0.5, 0.6) is 0 Å². The molecular weight excluding hydrogens is 238 g/mol. The molecule has 2 aromatic rings. The number of alkyl halides is 2. The summed E-state index contributed by atoms with van der Waals surface area (Å²) in [4.78, 5) is 0. The van der Waals surface area contributed by atoms with Crippen molar-refractivity contribution in [2.75, 3.05) is 5.73 Å². The van der Waals surface area contributed by atoms with Crippen LogP contribution in [-0.4, -0.2) is 5.16 Å². The van der Waals surface area contributed by atoms with Gasteiger partial charge in [0, 0.05) is 6.92 Å². The van der Waals surface area contributed by atoms with Crippen LogP contribution in [0.25, 0.3) is 11.1 Å². The maximum Gasteiger partial charge on any atom is 0.291 e. The van der Waals surface area contributed by atoms with E-state index in [4.69, 9.17) is 10.3 Å². The average Bonchev–Trinajstić information content (AvgIpc) is 2.64. The average molecular weight is 252 g/mol. The Kier molecular flexibility index (Phi) is 2.84. The van der Waals surface area contributed by atoms with Crippen molar-refractivity contribution in [2.45, 2.75) is 26.7 Å². The molecule has 1 heterocycles. The number of hydrogen-bond acceptors (Lipinski definition) is 3. The molecule has 0 aliphatic heterocycles. The minimum absolute atomic E-state index is 0.0882. The number of benzene rings is 1. The zero-order valence-electron chi connectivity index (χ0n) is 10.4. The molecule has 0 aliphatic rings. The Balaban J connectivity index is 2.63. The van der Waals surface area contributed by atoms with Gasteiger partial charge < -0.3 is 10.3 Å². The minimum Gasteiger partial charge on any atom is -0.367 e.